The number of fused-ring (bicyclic) bond motifs is 2. The molecule has 3 aromatic carbocycles. The molecule has 3 aromatic rings. The first-order chi connectivity index (χ1) is 18.9. The summed E-state index contributed by atoms with van der Waals surface area (Å²) in [5, 5.41) is 0. The highest BCUT2D eigenvalue weighted by molar-refractivity contribution is 5.75. The van der Waals surface area contributed by atoms with Gasteiger partial charge in [-0.1, -0.05) is 67.4 Å². The van der Waals surface area contributed by atoms with Crippen LogP contribution >= 0.6 is 0 Å². The molecule has 0 heterocycles. The number of likely N-dealkylation sites (N-methyl/N-ethyl adjacent to an activating group) is 1. The molecule has 2 atom stereocenters. The van der Waals surface area contributed by atoms with Crippen molar-refractivity contribution >= 4 is 5.97 Å². The second-order valence-electron chi connectivity index (χ2n) is 10.5. The van der Waals surface area contributed by atoms with Crippen LogP contribution in [-0.2, 0) is 40.0 Å². The number of hydrogen-bond donors (Lipinski definition) is 0. The van der Waals surface area contributed by atoms with Crippen molar-refractivity contribution in [3.05, 3.63) is 99.6 Å². The molecule has 0 saturated carbocycles. The second-order valence-corrected chi connectivity index (χ2v) is 10.5. The summed E-state index contributed by atoms with van der Waals surface area (Å²) in [6.07, 6.45) is 4.32. The van der Waals surface area contributed by atoms with Crippen LogP contribution in [0.4, 0.5) is 0 Å². The molecule has 0 amide bonds. The molecule has 39 heavy (non-hydrogen) atoms. The van der Waals surface area contributed by atoms with E-state index in [1.165, 1.54) is 40.5 Å². The Morgan fingerprint density at radius 3 is 2.41 bits per heavy atom. The predicted octanol–water partition coefficient (Wildman–Crippen LogP) is 6.27. The SMILES string of the molecule is CCCc1ccc2c(c1)CCc1ccc(C)cc1C2N(C)CCOc1ccc(CC(OC)C(=O)OCC)cc1. The molecule has 0 saturated heterocycles. The number of nitrogens with zero attached hydrogens (tertiary/aromatic N) is 1. The van der Waals surface area contributed by atoms with E-state index in [2.05, 4.69) is 62.2 Å². The maximum atomic E-state index is 12.0. The Bertz CT molecular complexity index is 1240. The fourth-order valence-corrected chi connectivity index (χ4v) is 5.57. The topological polar surface area (TPSA) is 48.0 Å². The van der Waals surface area contributed by atoms with Crippen LogP contribution in [0.5, 0.6) is 5.75 Å². The standard InChI is InChI=1S/C34H43NO4/c1-6-8-25-12-18-30-28(22-25)15-14-27-13-9-24(3)21-31(27)33(30)35(4)19-20-39-29-16-10-26(11-17-29)23-32(37-5)34(36)38-7-2/h9-13,16-18,21-22,32-33H,6-8,14-15,19-20,23H2,1-5H3. The van der Waals surface area contributed by atoms with Gasteiger partial charge in [0.15, 0.2) is 6.10 Å². The van der Waals surface area contributed by atoms with E-state index >= 15 is 0 Å². The monoisotopic (exact) mass is 529 g/mol. The van der Waals surface area contributed by atoms with Gasteiger partial charge in [0.2, 0.25) is 0 Å². The lowest BCUT2D eigenvalue weighted by Crippen LogP contribution is -2.30. The highest BCUT2D eigenvalue weighted by Crippen LogP contribution is 2.37. The van der Waals surface area contributed by atoms with Crippen LogP contribution in [0.2, 0.25) is 0 Å². The number of benzene rings is 3. The first-order valence-corrected chi connectivity index (χ1v) is 14.3. The minimum atomic E-state index is -0.600. The van der Waals surface area contributed by atoms with Gasteiger partial charge < -0.3 is 14.2 Å². The molecule has 1 aliphatic rings. The summed E-state index contributed by atoms with van der Waals surface area (Å²) in [5.41, 5.74) is 9.49. The lowest BCUT2D eigenvalue weighted by molar-refractivity contribution is -0.154. The summed E-state index contributed by atoms with van der Waals surface area (Å²) in [7, 11) is 3.74. The van der Waals surface area contributed by atoms with E-state index in [1.807, 2.05) is 24.3 Å². The molecule has 5 nitrogen and oxygen atoms in total. The number of hydrogen-bond acceptors (Lipinski definition) is 5. The Hall–Kier alpha value is -3.15. The van der Waals surface area contributed by atoms with Gasteiger partial charge in [0.05, 0.1) is 12.6 Å². The van der Waals surface area contributed by atoms with Crippen molar-refractivity contribution in [1.29, 1.82) is 0 Å². The summed E-state index contributed by atoms with van der Waals surface area (Å²) in [4.78, 5) is 14.5. The third kappa shape index (κ3) is 7.28. The highest BCUT2D eigenvalue weighted by atomic mass is 16.6. The molecule has 0 aliphatic heterocycles. The molecule has 0 aromatic heterocycles. The summed E-state index contributed by atoms with van der Waals surface area (Å²) < 4.78 is 16.6. The molecular weight excluding hydrogens is 486 g/mol. The van der Waals surface area contributed by atoms with E-state index < -0.39 is 6.10 Å². The minimum Gasteiger partial charge on any atom is -0.492 e. The fourth-order valence-electron chi connectivity index (χ4n) is 5.57. The van der Waals surface area contributed by atoms with Gasteiger partial charge in [-0.15, -0.1) is 0 Å². The number of carbonyl (C=O) groups excluding carboxylic acids is 1. The van der Waals surface area contributed by atoms with E-state index in [-0.39, 0.29) is 12.0 Å². The average molecular weight is 530 g/mol. The number of rotatable bonds is 12. The normalized spacial score (nSPS) is 15.3. The van der Waals surface area contributed by atoms with Crippen LogP contribution in [0.15, 0.2) is 60.7 Å². The van der Waals surface area contributed by atoms with Gasteiger partial charge in [-0.2, -0.15) is 0 Å². The first kappa shape index (κ1) is 28.8. The van der Waals surface area contributed by atoms with Gasteiger partial charge in [-0.3, -0.25) is 4.90 Å². The van der Waals surface area contributed by atoms with Crippen LogP contribution in [0.1, 0.15) is 65.3 Å². The molecule has 0 fully saturated rings. The predicted molar refractivity (Wildman–Crippen MR) is 157 cm³/mol. The quantitative estimate of drug-likeness (QED) is 0.259. The average Bonchev–Trinajstić information content (AvgIpc) is 3.09. The maximum absolute atomic E-state index is 12.0. The van der Waals surface area contributed by atoms with Crippen molar-refractivity contribution in [3.8, 4) is 5.75 Å². The van der Waals surface area contributed by atoms with E-state index in [0.717, 1.165) is 43.5 Å². The molecule has 2 unspecified atom stereocenters. The molecule has 5 heteroatoms. The Labute approximate surface area is 234 Å². The van der Waals surface area contributed by atoms with Gasteiger partial charge in [-0.05, 0) is 85.7 Å². The summed E-state index contributed by atoms with van der Waals surface area (Å²) in [5.74, 6) is 0.487. The second kappa shape index (κ2) is 13.8. The summed E-state index contributed by atoms with van der Waals surface area (Å²) in [6, 6.07) is 22.1. The Morgan fingerprint density at radius 2 is 1.69 bits per heavy atom. The fraction of sp³-hybridized carbons (Fsp3) is 0.441. The molecule has 4 rings (SSSR count). The Kier molecular flexibility index (Phi) is 10.2. The molecule has 0 N–H and O–H groups in total. The van der Waals surface area contributed by atoms with Crippen LogP contribution in [0, 0.1) is 6.92 Å². The van der Waals surface area contributed by atoms with Gasteiger partial charge in [-0.25, -0.2) is 4.79 Å². The van der Waals surface area contributed by atoms with Crippen molar-refractivity contribution in [2.45, 2.75) is 65.0 Å². The zero-order valence-corrected chi connectivity index (χ0v) is 24.2. The third-order valence-electron chi connectivity index (χ3n) is 7.63. The number of ether oxygens (including phenoxy) is 3. The highest BCUT2D eigenvalue weighted by Gasteiger charge is 2.27. The zero-order valence-electron chi connectivity index (χ0n) is 24.2. The van der Waals surface area contributed by atoms with Gasteiger partial charge in [0.1, 0.15) is 12.4 Å². The number of carbonyl (C=O) groups is 1. The molecule has 208 valence electrons. The largest absolute Gasteiger partial charge is 0.492 e. The minimum absolute atomic E-state index is 0.202. The van der Waals surface area contributed by atoms with E-state index in [1.54, 1.807) is 6.92 Å². The van der Waals surface area contributed by atoms with E-state index in [9.17, 15) is 4.79 Å². The van der Waals surface area contributed by atoms with Crippen molar-refractivity contribution < 1.29 is 19.0 Å². The lowest BCUT2D eigenvalue weighted by Gasteiger charge is -2.31. The van der Waals surface area contributed by atoms with Gasteiger partial charge >= 0.3 is 5.97 Å². The molecule has 0 spiro atoms. The van der Waals surface area contributed by atoms with Gasteiger partial charge in [0, 0.05) is 20.1 Å². The van der Waals surface area contributed by atoms with Crippen LogP contribution in [0.3, 0.4) is 0 Å². The maximum Gasteiger partial charge on any atom is 0.335 e. The van der Waals surface area contributed by atoms with Crippen LogP contribution in [0.25, 0.3) is 0 Å². The number of methoxy groups -OCH3 is 1. The molecule has 1 aliphatic carbocycles. The van der Waals surface area contributed by atoms with Crippen molar-refractivity contribution in [3.63, 3.8) is 0 Å². The van der Waals surface area contributed by atoms with E-state index in [4.69, 9.17) is 14.2 Å². The summed E-state index contributed by atoms with van der Waals surface area (Å²) >= 11 is 0. The summed E-state index contributed by atoms with van der Waals surface area (Å²) in [6.45, 7) is 7.95. The smallest absolute Gasteiger partial charge is 0.335 e. The first-order valence-electron chi connectivity index (χ1n) is 14.3. The Balaban J connectivity index is 1.44. The zero-order chi connectivity index (χ0) is 27.8. The third-order valence-corrected chi connectivity index (χ3v) is 7.63. The van der Waals surface area contributed by atoms with E-state index in [0.29, 0.717) is 19.6 Å². The number of esters is 1. The van der Waals surface area contributed by atoms with Crippen molar-refractivity contribution in [2.24, 2.45) is 0 Å². The van der Waals surface area contributed by atoms with Gasteiger partial charge in [0.25, 0.3) is 0 Å². The van der Waals surface area contributed by atoms with Crippen molar-refractivity contribution in [1.82, 2.24) is 4.90 Å². The van der Waals surface area contributed by atoms with Crippen LogP contribution < -0.4 is 4.74 Å². The van der Waals surface area contributed by atoms with Crippen molar-refractivity contribution in [2.75, 3.05) is 33.9 Å². The number of aryl methyl sites for hydroxylation is 4. The Morgan fingerprint density at radius 1 is 0.949 bits per heavy atom. The van der Waals surface area contributed by atoms with Crippen LogP contribution in [-0.4, -0.2) is 50.9 Å². The molecular formula is C34H43NO4. The molecule has 0 radical (unpaired) electrons. The molecule has 0 bridgehead atoms. The lowest BCUT2D eigenvalue weighted by atomic mass is 9.91.